The number of rotatable bonds is 6. The van der Waals surface area contributed by atoms with Crippen LogP contribution in [0.1, 0.15) is 33.1 Å². The highest BCUT2D eigenvalue weighted by molar-refractivity contribution is 5.92. The maximum absolute atomic E-state index is 12.4. The molecule has 0 radical (unpaired) electrons. The summed E-state index contributed by atoms with van der Waals surface area (Å²) >= 11 is 0. The van der Waals surface area contributed by atoms with Crippen molar-refractivity contribution in [2.24, 2.45) is 0 Å². The molecule has 2 aromatic heterocycles. The maximum Gasteiger partial charge on any atom is 0.276 e. The minimum atomic E-state index is -0.252. The van der Waals surface area contributed by atoms with E-state index in [0.717, 1.165) is 16.9 Å². The lowest BCUT2D eigenvalue weighted by atomic mass is 10.1. The Morgan fingerprint density at radius 1 is 1.23 bits per heavy atom. The number of carbonyl (C=O) groups excluding carboxylic acids is 1. The average molecular weight is 352 g/mol. The third-order valence-electron chi connectivity index (χ3n) is 3.85. The zero-order chi connectivity index (χ0) is 18.5. The smallest absolute Gasteiger partial charge is 0.276 e. The van der Waals surface area contributed by atoms with Gasteiger partial charge in [0, 0.05) is 25.5 Å². The molecule has 0 saturated carbocycles. The van der Waals surface area contributed by atoms with E-state index in [1.165, 1.54) is 4.90 Å². The highest BCUT2D eigenvalue weighted by Crippen LogP contribution is 2.20. The molecule has 0 aliphatic heterocycles. The summed E-state index contributed by atoms with van der Waals surface area (Å²) in [6.45, 7) is 4.53. The van der Waals surface area contributed by atoms with Crippen LogP contribution in [-0.2, 0) is 13.2 Å². The largest absolute Gasteiger partial charge is 0.485 e. The van der Waals surface area contributed by atoms with Gasteiger partial charge in [0.25, 0.3) is 5.91 Å². The fourth-order valence-electron chi connectivity index (χ4n) is 2.42. The van der Waals surface area contributed by atoms with Gasteiger partial charge < -0.3 is 14.2 Å². The van der Waals surface area contributed by atoms with Crippen LogP contribution < -0.4 is 4.74 Å². The average Bonchev–Trinajstić information content (AvgIpc) is 3.11. The molecule has 26 heavy (non-hydrogen) atoms. The summed E-state index contributed by atoms with van der Waals surface area (Å²) in [6, 6.07) is 7.59. The van der Waals surface area contributed by atoms with Crippen molar-refractivity contribution in [1.29, 1.82) is 0 Å². The number of aromatic nitrogens is 3. The molecule has 3 aromatic rings. The zero-order valence-corrected chi connectivity index (χ0v) is 15.0. The van der Waals surface area contributed by atoms with E-state index in [9.17, 15) is 4.79 Å². The first-order valence-electron chi connectivity index (χ1n) is 8.19. The molecule has 0 atom stereocenters. The van der Waals surface area contributed by atoms with Gasteiger partial charge in [-0.1, -0.05) is 17.3 Å². The van der Waals surface area contributed by atoms with Crippen molar-refractivity contribution in [3.05, 3.63) is 71.1 Å². The summed E-state index contributed by atoms with van der Waals surface area (Å²) in [7, 11) is 1.68. The van der Waals surface area contributed by atoms with Gasteiger partial charge >= 0.3 is 0 Å². The van der Waals surface area contributed by atoms with Gasteiger partial charge in [-0.3, -0.25) is 14.8 Å². The Hall–Kier alpha value is -3.22. The monoisotopic (exact) mass is 352 g/mol. The first-order valence-corrected chi connectivity index (χ1v) is 8.19. The molecule has 1 amide bonds. The van der Waals surface area contributed by atoms with Crippen molar-refractivity contribution in [1.82, 2.24) is 20.0 Å². The van der Waals surface area contributed by atoms with E-state index >= 15 is 0 Å². The van der Waals surface area contributed by atoms with E-state index in [2.05, 4.69) is 15.1 Å². The van der Waals surface area contributed by atoms with Gasteiger partial charge in [0.15, 0.2) is 11.5 Å². The zero-order valence-electron chi connectivity index (χ0n) is 15.0. The molecule has 134 valence electrons. The Morgan fingerprint density at radius 2 is 2.08 bits per heavy atom. The lowest BCUT2D eigenvalue weighted by molar-refractivity contribution is 0.0772. The highest BCUT2D eigenvalue weighted by Gasteiger charge is 2.18. The van der Waals surface area contributed by atoms with Crippen LogP contribution in [0, 0.1) is 13.8 Å². The van der Waals surface area contributed by atoms with Gasteiger partial charge in [0.1, 0.15) is 12.4 Å². The Labute approximate surface area is 151 Å². The fraction of sp³-hybridized carbons (Fsp3) is 0.263. The Balaban J connectivity index is 1.61. The molecular weight excluding hydrogens is 332 g/mol. The van der Waals surface area contributed by atoms with Crippen molar-refractivity contribution >= 4 is 5.91 Å². The molecule has 0 unspecified atom stereocenters. The van der Waals surface area contributed by atoms with Gasteiger partial charge in [0.05, 0.1) is 18.4 Å². The van der Waals surface area contributed by atoms with Crippen LogP contribution in [0.2, 0.25) is 0 Å². The predicted molar refractivity (Wildman–Crippen MR) is 94.6 cm³/mol. The number of benzene rings is 1. The number of hydrogen-bond donors (Lipinski definition) is 0. The SMILES string of the molecule is Cc1ccc(C)c(OCc2cc(C(=O)N(C)Cc3cnccn3)no2)c1. The fourth-order valence-corrected chi connectivity index (χ4v) is 2.42. The van der Waals surface area contributed by atoms with Crippen LogP contribution in [0.3, 0.4) is 0 Å². The number of nitrogens with zero attached hydrogens (tertiary/aromatic N) is 4. The van der Waals surface area contributed by atoms with Crippen LogP contribution in [0.4, 0.5) is 0 Å². The highest BCUT2D eigenvalue weighted by atomic mass is 16.5. The number of carbonyl (C=O) groups is 1. The standard InChI is InChI=1S/C19H20N4O3/c1-13-4-5-14(2)18(8-13)25-12-16-9-17(22-26-16)19(24)23(3)11-15-10-20-6-7-21-15/h4-10H,11-12H2,1-3H3. The van der Waals surface area contributed by atoms with E-state index in [-0.39, 0.29) is 18.2 Å². The van der Waals surface area contributed by atoms with Crippen LogP contribution in [0.15, 0.2) is 47.4 Å². The summed E-state index contributed by atoms with van der Waals surface area (Å²) in [5.41, 5.74) is 3.08. The third-order valence-corrected chi connectivity index (χ3v) is 3.85. The number of aryl methyl sites for hydroxylation is 2. The Kier molecular flexibility index (Phi) is 5.26. The van der Waals surface area contributed by atoms with Crippen LogP contribution in [-0.4, -0.2) is 33.0 Å². The lowest BCUT2D eigenvalue weighted by Crippen LogP contribution is -2.26. The molecule has 0 aliphatic rings. The van der Waals surface area contributed by atoms with E-state index < -0.39 is 0 Å². The summed E-state index contributed by atoms with van der Waals surface area (Å²) in [6.07, 6.45) is 4.80. The summed E-state index contributed by atoms with van der Waals surface area (Å²) < 4.78 is 11.0. The molecule has 1 aromatic carbocycles. The van der Waals surface area contributed by atoms with Gasteiger partial charge in [-0.25, -0.2) is 0 Å². The molecule has 0 N–H and O–H groups in total. The van der Waals surface area contributed by atoms with E-state index in [4.69, 9.17) is 9.26 Å². The first kappa shape index (κ1) is 17.6. The second-order valence-electron chi connectivity index (χ2n) is 6.09. The Bertz CT molecular complexity index is 893. The van der Waals surface area contributed by atoms with Gasteiger partial charge in [-0.05, 0) is 31.0 Å². The molecule has 2 heterocycles. The lowest BCUT2D eigenvalue weighted by Gasteiger charge is -2.14. The molecular formula is C19H20N4O3. The van der Waals surface area contributed by atoms with Crippen molar-refractivity contribution in [3.8, 4) is 5.75 Å². The van der Waals surface area contributed by atoms with Gasteiger partial charge in [-0.2, -0.15) is 0 Å². The van der Waals surface area contributed by atoms with Crippen LogP contribution in [0.5, 0.6) is 5.75 Å². The van der Waals surface area contributed by atoms with Crippen molar-refractivity contribution in [2.45, 2.75) is 27.0 Å². The third kappa shape index (κ3) is 4.24. The first-order chi connectivity index (χ1) is 12.5. The second kappa shape index (κ2) is 7.77. The second-order valence-corrected chi connectivity index (χ2v) is 6.09. The van der Waals surface area contributed by atoms with Crippen molar-refractivity contribution in [2.75, 3.05) is 7.05 Å². The molecule has 7 nitrogen and oxygen atoms in total. The summed E-state index contributed by atoms with van der Waals surface area (Å²) in [4.78, 5) is 22.1. The van der Waals surface area contributed by atoms with E-state index in [1.54, 1.807) is 31.7 Å². The quantitative estimate of drug-likeness (QED) is 0.678. The molecule has 0 fully saturated rings. The minimum absolute atomic E-state index is 0.207. The number of ether oxygens (including phenoxy) is 1. The van der Waals surface area contributed by atoms with Crippen LogP contribution >= 0.6 is 0 Å². The molecule has 7 heteroatoms. The van der Waals surface area contributed by atoms with Crippen LogP contribution in [0.25, 0.3) is 0 Å². The molecule has 0 bridgehead atoms. The van der Waals surface area contributed by atoms with Crippen molar-refractivity contribution in [3.63, 3.8) is 0 Å². The normalized spacial score (nSPS) is 10.6. The molecule has 3 rings (SSSR count). The molecule has 0 aliphatic carbocycles. The number of amides is 1. The Morgan fingerprint density at radius 3 is 2.85 bits per heavy atom. The minimum Gasteiger partial charge on any atom is -0.485 e. The van der Waals surface area contributed by atoms with Gasteiger partial charge in [-0.15, -0.1) is 0 Å². The number of hydrogen-bond acceptors (Lipinski definition) is 6. The van der Waals surface area contributed by atoms with Gasteiger partial charge in [0.2, 0.25) is 0 Å². The topological polar surface area (TPSA) is 81.4 Å². The molecule has 0 spiro atoms. The van der Waals surface area contributed by atoms with E-state index in [0.29, 0.717) is 18.0 Å². The van der Waals surface area contributed by atoms with Crippen molar-refractivity contribution < 1.29 is 14.1 Å². The maximum atomic E-state index is 12.4. The van der Waals surface area contributed by atoms with E-state index in [1.807, 2.05) is 32.0 Å². The summed E-state index contributed by atoms with van der Waals surface area (Å²) in [5, 5.41) is 3.85. The molecule has 0 saturated heterocycles. The predicted octanol–water partition coefficient (Wildman–Crippen LogP) is 2.93. The summed E-state index contributed by atoms with van der Waals surface area (Å²) in [5.74, 6) is 1.02.